The number of aliphatic hydroxyl groups is 1. The van der Waals surface area contributed by atoms with E-state index in [1.54, 1.807) is 0 Å². The van der Waals surface area contributed by atoms with Crippen molar-refractivity contribution in [2.45, 2.75) is 52.6 Å². The minimum atomic E-state index is -0.152. The molecule has 0 saturated heterocycles. The largest absolute Gasteiger partial charge is 0.393 e. The first-order chi connectivity index (χ1) is 5.16. The predicted molar refractivity (Wildman–Crippen MR) is 49.6 cm³/mol. The van der Waals surface area contributed by atoms with Crippen LogP contribution in [0.25, 0.3) is 0 Å². The minimum Gasteiger partial charge on any atom is -0.393 e. The molecule has 0 spiro atoms. The van der Waals surface area contributed by atoms with Crippen molar-refractivity contribution in [2.24, 2.45) is 0 Å². The molecule has 0 bridgehead atoms. The first-order valence-electron chi connectivity index (χ1n) is 4.50. The fourth-order valence-corrected chi connectivity index (χ4v) is 1.07. The molecule has 0 aliphatic carbocycles. The van der Waals surface area contributed by atoms with Gasteiger partial charge in [0, 0.05) is 0 Å². The van der Waals surface area contributed by atoms with E-state index in [0.29, 0.717) is 0 Å². The molecule has 1 unspecified atom stereocenters. The summed E-state index contributed by atoms with van der Waals surface area (Å²) in [7, 11) is 0. The molecule has 0 aliphatic rings. The molecule has 0 heterocycles. The van der Waals surface area contributed by atoms with Gasteiger partial charge in [-0.3, -0.25) is 0 Å². The van der Waals surface area contributed by atoms with E-state index < -0.39 is 0 Å². The summed E-state index contributed by atoms with van der Waals surface area (Å²) < 4.78 is 0. The van der Waals surface area contributed by atoms with E-state index in [1.807, 2.05) is 6.92 Å². The quantitative estimate of drug-likeness (QED) is 0.607. The van der Waals surface area contributed by atoms with Crippen molar-refractivity contribution in [1.82, 2.24) is 0 Å². The van der Waals surface area contributed by atoms with Gasteiger partial charge in [0.05, 0.1) is 6.10 Å². The summed E-state index contributed by atoms with van der Waals surface area (Å²) >= 11 is 0. The van der Waals surface area contributed by atoms with Gasteiger partial charge in [0.2, 0.25) is 0 Å². The van der Waals surface area contributed by atoms with Crippen molar-refractivity contribution in [1.29, 1.82) is 0 Å². The van der Waals surface area contributed by atoms with Crippen LogP contribution in [0.2, 0.25) is 0 Å². The normalized spacial score (nSPS) is 15.1. The van der Waals surface area contributed by atoms with Crippen molar-refractivity contribution < 1.29 is 5.11 Å². The molecule has 66 valence electrons. The molecule has 1 heteroatoms. The van der Waals surface area contributed by atoms with Gasteiger partial charge in [-0.05, 0) is 33.1 Å². The number of aliphatic hydroxyl groups excluding tert-OH is 1. The third-order valence-electron chi connectivity index (χ3n) is 1.72. The van der Waals surface area contributed by atoms with Crippen LogP contribution in [0, 0.1) is 0 Å². The van der Waals surface area contributed by atoms with Gasteiger partial charge in [0.1, 0.15) is 0 Å². The molecule has 1 nitrogen and oxygen atoms in total. The predicted octanol–water partition coefficient (Wildman–Crippen LogP) is 2.89. The number of hydrogen-bond donors (Lipinski definition) is 1. The fourth-order valence-electron chi connectivity index (χ4n) is 1.07. The highest BCUT2D eigenvalue weighted by Gasteiger charge is 1.92. The van der Waals surface area contributed by atoms with Crippen LogP contribution in [0.3, 0.4) is 0 Å². The molecule has 0 aromatic rings. The van der Waals surface area contributed by atoms with Gasteiger partial charge in [0.15, 0.2) is 0 Å². The highest BCUT2D eigenvalue weighted by molar-refractivity contribution is 4.97. The lowest BCUT2D eigenvalue weighted by molar-refractivity contribution is 0.186. The zero-order chi connectivity index (χ0) is 8.69. The number of hydrogen-bond acceptors (Lipinski definition) is 1. The maximum Gasteiger partial charge on any atom is 0.0515 e. The minimum absolute atomic E-state index is 0.152. The third kappa shape index (κ3) is 7.60. The molecule has 0 aromatic carbocycles. The summed E-state index contributed by atoms with van der Waals surface area (Å²) in [6, 6.07) is 0. The molecular weight excluding hydrogens is 136 g/mol. The summed E-state index contributed by atoms with van der Waals surface area (Å²) in [5.74, 6) is 0. The first kappa shape index (κ1) is 10.7. The molecule has 1 N–H and O–H groups in total. The van der Waals surface area contributed by atoms with Crippen LogP contribution < -0.4 is 0 Å². The van der Waals surface area contributed by atoms with Crippen molar-refractivity contribution in [3.05, 3.63) is 11.6 Å². The van der Waals surface area contributed by atoms with Gasteiger partial charge in [-0.2, -0.15) is 0 Å². The molecule has 11 heavy (non-hydrogen) atoms. The molecule has 0 aliphatic heterocycles. The van der Waals surface area contributed by atoms with Crippen molar-refractivity contribution in [2.75, 3.05) is 0 Å². The van der Waals surface area contributed by atoms with Gasteiger partial charge in [-0.15, -0.1) is 0 Å². The average Bonchev–Trinajstić information content (AvgIpc) is 1.87. The van der Waals surface area contributed by atoms with E-state index in [0.717, 1.165) is 12.8 Å². The Kier molecular flexibility index (Phi) is 6.24. The lowest BCUT2D eigenvalue weighted by Crippen LogP contribution is -1.97. The highest BCUT2D eigenvalue weighted by atomic mass is 16.3. The van der Waals surface area contributed by atoms with Crippen molar-refractivity contribution in [3.8, 4) is 0 Å². The zero-order valence-electron chi connectivity index (χ0n) is 7.93. The standard InChI is InChI=1S/C10H20O/c1-4-6-9(2)7-5-8-10(3)11/h7,10-11H,4-6,8H2,1-3H3/b9-7+. The molecule has 0 amide bonds. The van der Waals surface area contributed by atoms with Gasteiger partial charge in [-0.25, -0.2) is 0 Å². The first-order valence-corrected chi connectivity index (χ1v) is 4.50. The summed E-state index contributed by atoms with van der Waals surface area (Å²) in [5, 5.41) is 8.97. The van der Waals surface area contributed by atoms with Crippen LogP contribution in [0.5, 0.6) is 0 Å². The Morgan fingerprint density at radius 1 is 1.55 bits per heavy atom. The molecule has 1 atom stereocenters. The Morgan fingerprint density at radius 3 is 2.64 bits per heavy atom. The Morgan fingerprint density at radius 2 is 2.18 bits per heavy atom. The highest BCUT2D eigenvalue weighted by Crippen LogP contribution is 2.06. The van der Waals surface area contributed by atoms with E-state index >= 15 is 0 Å². The van der Waals surface area contributed by atoms with Crippen molar-refractivity contribution in [3.63, 3.8) is 0 Å². The molecule has 0 aromatic heterocycles. The maximum absolute atomic E-state index is 8.97. The van der Waals surface area contributed by atoms with E-state index in [2.05, 4.69) is 19.9 Å². The van der Waals surface area contributed by atoms with E-state index in [9.17, 15) is 0 Å². The second kappa shape index (κ2) is 6.41. The van der Waals surface area contributed by atoms with E-state index in [4.69, 9.17) is 5.11 Å². The molecule has 0 radical (unpaired) electrons. The van der Waals surface area contributed by atoms with E-state index in [1.165, 1.54) is 18.4 Å². The zero-order valence-corrected chi connectivity index (χ0v) is 7.93. The summed E-state index contributed by atoms with van der Waals surface area (Å²) in [5.41, 5.74) is 1.45. The Hall–Kier alpha value is -0.300. The van der Waals surface area contributed by atoms with Crippen molar-refractivity contribution >= 4 is 0 Å². The SMILES string of the molecule is CCC/C(C)=C/CCC(C)O. The molecule has 0 rings (SSSR count). The second-order valence-electron chi connectivity index (χ2n) is 3.23. The molecular formula is C10H20O. The lowest BCUT2D eigenvalue weighted by Gasteiger charge is -2.01. The van der Waals surface area contributed by atoms with Gasteiger partial charge < -0.3 is 5.11 Å². The van der Waals surface area contributed by atoms with Gasteiger partial charge in [0.25, 0.3) is 0 Å². The van der Waals surface area contributed by atoms with Gasteiger partial charge in [-0.1, -0.05) is 25.0 Å². The fraction of sp³-hybridized carbons (Fsp3) is 0.800. The van der Waals surface area contributed by atoms with Crippen LogP contribution >= 0.6 is 0 Å². The Balaban J connectivity index is 3.39. The summed E-state index contributed by atoms with van der Waals surface area (Å²) in [4.78, 5) is 0. The molecule has 0 fully saturated rings. The lowest BCUT2D eigenvalue weighted by atomic mass is 10.1. The van der Waals surface area contributed by atoms with Crippen LogP contribution in [0.1, 0.15) is 46.5 Å². The third-order valence-corrected chi connectivity index (χ3v) is 1.72. The smallest absolute Gasteiger partial charge is 0.0515 e. The van der Waals surface area contributed by atoms with E-state index in [-0.39, 0.29) is 6.10 Å². The average molecular weight is 156 g/mol. The topological polar surface area (TPSA) is 20.2 Å². The summed E-state index contributed by atoms with van der Waals surface area (Å²) in [6.45, 7) is 6.18. The second-order valence-corrected chi connectivity index (χ2v) is 3.23. The van der Waals surface area contributed by atoms with Gasteiger partial charge >= 0.3 is 0 Å². The number of allylic oxidation sites excluding steroid dienone is 2. The Bertz CT molecular complexity index is 114. The monoisotopic (exact) mass is 156 g/mol. The number of rotatable bonds is 5. The van der Waals surface area contributed by atoms with Crippen LogP contribution in [0.4, 0.5) is 0 Å². The summed E-state index contributed by atoms with van der Waals surface area (Å²) in [6.07, 6.45) is 6.40. The van der Waals surface area contributed by atoms with Crippen LogP contribution in [0.15, 0.2) is 11.6 Å². The van der Waals surface area contributed by atoms with Crippen LogP contribution in [-0.2, 0) is 0 Å². The maximum atomic E-state index is 8.97. The Labute approximate surface area is 70.1 Å². The van der Waals surface area contributed by atoms with Crippen LogP contribution in [-0.4, -0.2) is 11.2 Å². The molecule has 0 saturated carbocycles.